The van der Waals surface area contributed by atoms with Gasteiger partial charge in [0.1, 0.15) is 0 Å². The summed E-state index contributed by atoms with van der Waals surface area (Å²) < 4.78 is 24.1. The Labute approximate surface area is 93.6 Å². The molecule has 0 fully saturated rings. The van der Waals surface area contributed by atoms with Crippen molar-refractivity contribution in [2.75, 3.05) is 0 Å². The van der Waals surface area contributed by atoms with Gasteiger partial charge in [-0.1, -0.05) is 12.1 Å². The van der Waals surface area contributed by atoms with Crippen molar-refractivity contribution in [3.8, 4) is 11.3 Å². The number of hydrogen-bond acceptors (Lipinski definition) is 3. The van der Waals surface area contributed by atoms with E-state index >= 15 is 0 Å². The minimum Gasteiger partial charge on any atom is -0.340 e. The monoisotopic (exact) mass is 237 g/mol. The Hall–Kier alpha value is -1.66. The molecule has 16 heavy (non-hydrogen) atoms. The summed E-state index contributed by atoms with van der Waals surface area (Å²) in [5.41, 5.74) is 1.44. The molecule has 1 aromatic carbocycles. The predicted molar refractivity (Wildman–Crippen MR) is 60.0 cm³/mol. The van der Waals surface area contributed by atoms with Gasteiger partial charge in [0.05, 0.1) is 16.9 Å². The van der Waals surface area contributed by atoms with Gasteiger partial charge in [0.2, 0.25) is 10.0 Å². The van der Waals surface area contributed by atoms with Gasteiger partial charge in [-0.2, -0.15) is 0 Å². The van der Waals surface area contributed by atoms with Gasteiger partial charge >= 0.3 is 0 Å². The van der Waals surface area contributed by atoms with Gasteiger partial charge in [-0.3, -0.25) is 0 Å². The van der Waals surface area contributed by atoms with E-state index < -0.39 is 10.0 Å². The van der Waals surface area contributed by atoms with Crippen LogP contribution in [0.3, 0.4) is 0 Å². The Morgan fingerprint density at radius 2 is 2.12 bits per heavy atom. The van der Waals surface area contributed by atoms with Crippen LogP contribution in [0.5, 0.6) is 0 Å². The molecule has 0 amide bonds. The van der Waals surface area contributed by atoms with Crippen molar-refractivity contribution in [3.05, 3.63) is 36.8 Å². The second kappa shape index (κ2) is 3.73. The fraction of sp³-hybridized carbons (Fsp3) is 0.100. The molecule has 0 aliphatic heterocycles. The number of rotatable bonds is 2. The lowest BCUT2D eigenvalue weighted by molar-refractivity contribution is 0.598. The van der Waals surface area contributed by atoms with E-state index in [2.05, 4.69) is 4.98 Å². The maximum Gasteiger partial charge on any atom is 0.238 e. The molecule has 0 atom stereocenters. The van der Waals surface area contributed by atoms with Crippen LogP contribution in [0.1, 0.15) is 0 Å². The number of sulfonamides is 1. The number of hydrogen-bond donors (Lipinski definition) is 1. The van der Waals surface area contributed by atoms with Gasteiger partial charge in [0.25, 0.3) is 0 Å². The first kappa shape index (κ1) is 10.8. The van der Waals surface area contributed by atoms with Crippen LogP contribution in [0.4, 0.5) is 0 Å². The third kappa shape index (κ3) is 2.12. The Morgan fingerprint density at radius 1 is 1.38 bits per heavy atom. The number of aryl methyl sites for hydroxylation is 1. The first-order valence-corrected chi connectivity index (χ1v) is 6.12. The molecule has 5 nitrogen and oxygen atoms in total. The van der Waals surface area contributed by atoms with Crippen molar-refractivity contribution in [2.24, 2.45) is 12.2 Å². The molecule has 0 saturated heterocycles. The Bertz CT molecular complexity index is 616. The maximum atomic E-state index is 11.2. The normalized spacial score (nSPS) is 11.6. The Kier molecular flexibility index (Phi) is 2.53. The summed E-state index contributed by atoms with van der Waals surface area (Å²) in [7, 11) is -1.81. The molecule has 0 spiro atoms. The summed E-state index contributed by atoms with van der Waals surface area (Å²) in [4.78, 5) is 4.23. The van der Waals surface area contributed by atoms with Crippen molar-refractivity contribution in [2.45, 2.75) is 4.90 Å². The van der Waals surface area contributed by atoms with E-state index in [4.69, 9.17) is 5.14 Å². The molecular formula is C10H11N3O2S. The highest BCUT2D eigenvalue weighted by molar-refractivity contribution is 7.89. The summed E-state index contributed by atoms with van der Waals surface area (Å²) in [6.07, 6.45) is 3.46. The van der Waals surface area contributed by atoms with Crippen molar-refractivity contribution >= 4 is 10.0 Å². The summed E-state index contributed by atoms with van der Waals surface area (Å²) in [6, 6.07) is 6.40. The molecule has 0 saturated carbocycles. The summed E-state index contributed by atoms with van der Waals surface area (Å²) >= 11 is 0. The van der Waals surface area contributed by atoms with Crippen molar-refractivity contribution < 1.29 is 8.42 Å². The van der Waals surface area contributed by atoms with Gasteiger partial charge in [-0.25, -0.2) is 18.5 Å². The lowest BCUT2D eigenvalue weighted by Crippen LogP contribution is -2.11. The number of nitrogens with zero attached hydrogens (tertiary/aromatic N) is 2. The number of nitrogens with two attached hydrogens (primary N) is 1. The maximum absolute atomic E-state index is 11.2. The first-order chi connectivity index (χ1) is 7.47. The van der Waals surface area contributed by atoms with Gasteiger partial charge in [0, 0.05) is 18.8 Å². The lowest BCUT2D eigenvalue weighted by Gasteiger charge is -2.00. The molecular weight excluding hydrogens is 226 g/mol. The van der Waals surface area contributed by atoms with E-state index in [1.807, 2.05) is 13.2 Å². The second-order valence-electron chi connectivity index (χ2n) is 3.50. The fourth-order valence-electron chi connectivity index (χ4n) is 1.39. The highest BCUT2D eigenvalue weighted by Gasteiger charge is 2.09. The minimum atomic E-state index is -3.66. The number of imidazole rings is 1. The van der Waals surface area contributed by atoms with Gasteiger partial charge in [-0.05, 0) is 12.1 Å². The van der Waals surface area contributed by atoms with Gasteiger partial charge < -0.3 is 4.57 Å². The van der Waals surface area contributed by atoms with E-state index in [-0.39, 0.29) is 4.90 Å². The first-order valence-electron chi connectivity index (χ1n) is 4.58. The molecule has 1 aromatic heterocycles. The third-order valence-electron chi connectivity index (χ3n) is 2.16. The average molecular weight is 237 g/mol. The molecule has 2 aromatic rings. The minimum absolute atomic E-state index is 0.0932. The largest absolute Gasteiger partial charge is 0.340 e. The quantitative estimate of drug-likeness (QED) is 0.836. The van der Waals surface area contributed by atoms with Gasteiger partial charge in [-0.15, -0.1) is 0 Å². The molecule has 0 unspecified atom stereocenters. The summed E-state index contributed by atoms with van der Waals surface area (Å²) in [5.74, 6) is 0. The smallest absolute Gasteiger partial charge is 0.238 e. The molecule has 0 aliphatic carbocycles. The molecule has 1 heterocycles. The SMILES string of the molecule is Cn1cnc(-c2cccc(S(N)(=O)=O)c2)c1. The lowest BCUT2D eigenvalue weighted by atomic mass is 10.2. The fourth-order valence-corrected chi connectivity index (χ4v) is 1.95. The standard InChI is InChI=1S/C10H11N3O2S/c1-13-6-10(12-7-13)8-3-2-4-9(5-8)16(11,14)15/h2-7H,1H3,(H2,11,14,15). The van der Waals surface area contributed by atoms with Crippen LogP contribution in [0, 0.1) is 0 Å². The molecule has 0 aliphatic rings. The Morgan fingerprint density at radius 3 is 2.69 bits per heavy atom. The molecule has 0 bridgehead atoms. The molecule has 2 rings (SSSR count). The third-order valence-corrected chi connectivity index (χ3v) is 3.07. The van der Waals surface area contributed by atoms with Crippen molar-refractivity contribution in [1.29, 1.82) is 0 Å². The zero-order valence-corrected chi connectivity index (χ0v) is 9.48. The van der Waals surface area contributed by atoms with Crippen LogP contribution in [-0.2, 0) is 17.1 Å². The van der Waals surface area contributed by atoms with Crippen molar-refractivity contribution in [1.82, 2.24) is 9.55 Å². The van der Waals surface area contributed by atoms with Crippen molar-refractivity contribution in [3.63, 3.8) is 0 Å². The summed E-state index contributed by atoms with van der Waals surface area (Å²) in [5, 5.41) is 5.06. The van der Waals surface area contributed by atoms with E-state index in [9.17, 15) is 8.42 Å². The second-order valence-corrected chi connectivity index (χ2v) is 5.06. The zero-order valence-electron chi connectivity index (χ0n) is 8.66. The van der Waals surface area contributed by atoms with Crippen LogP contribution >= 0.6 is 0 Å². The molecule has 0 radical (unpaired) electrons. The predicted octanol–water partition coefficient (Wildman–Crippen LogP) is 0.735. The molecule has 6 heteroatoms. The van der Waals surface area contributed by atoms with Crippen LogP contribution in [0.2, 0.25) is 0 Å². The Balaban J connectivity index is 2.52. The van der Waals surface area contributed by atoms with E-state index in [1.165, 1.54) is 12.1 Å². The number of aromatic nitrogens is 2. The van der Waals surface area contributed by atoms with Crippen LogP contribution in [-0.4, -0.2) is 18.0 Å². The van der Waals surface area contributed by atoms with Crippen LogP contribution < -0.4 is 5.14 Å². The summed E-state index contributed by atoms with van der Waals surface area (Å²) in [6.45, 7) is 0. The van der Waals surface area contributed by atoms with E-state index in [0.29, 0.717) is 5.69 Å². The number of benzene rings is 1. The van der Waals surface area contributed by atoms with Crippen LogP contribution in [0.15, 0.2) is 41.7 Å². The van der Waals surface area contributed by atoms with E-state index in [0.717, 1.165) is 5.56 Å². The molecule has 2 N–H and O–H groups in total. The zero-order chi connectivity index (χ0) is 11.8. The highest BCUT2D eigenvalue weighted by Crippen LogP contribution is 2.19. The molecule has 84 valence electrons. The topological polar surface area (TPSA) is 78.0 Å². The van der Waals surface area contributed by atoms with Crippen LogP contribution in [0.25, 0.3) is 11.3 Å². The van der Waals surface area contributed by atoms with Gasteiger partial charge in [0.15, 0.2) is 0 Å². The van der Waals surface area contributed by atoms with E-state index in [1.54, 1.807) is 23.0 Å². The highest BCUT2D eigenvalue weighted by atomic mass is 32.2. The average Bonchev–Trinajstić information content (AvgIpc) is 2.64. The number of primary sulfonamides is 1.